The van der Waals surface area contributed by atoms with Gasteiger partial charge in [0.15, 0.2) is 5.78 Å². The van der Waals surface area contributed by atoms with Gasteiger partial charge in [0.1, 0.15) is 0 Å². The molecule has 1 N–H and O–H groups in total. The number of hydrogen-bond acceptors (Lipinski definition) is 3. The molecule has 15 heavy (non-hydrogen) atoms. The van der Waals surface area contributed by atoms with Gasteiger partial charge in [-0.2, -0.15) is 0 Å². The van der Waals surface area contributed by atoms with E-state index in [1.165, 1.54) is 0 Å². The lowest BCUT2D eigenvalue weighted by Gasteiger charge is -2.14. The summed E-state index contributed by atoms with van der Waals surface area (Å²) in [5.74, 6) is -0.0310. The van der Waals surface area contributed by atoms with E-state index in [4.69, 9.17) is 16.7 Å². The maximum absolute atomic E-state index is 11.7. The fraction of sp³-hybridized carbons (Fsp3) is 0.364. The van der Waals surface area contributed by atoms with Crippen molar-refractivity contribution in [1.82, 2.24) is 4.90 Å². The van der Waals surface area contributed by atoms with Crippen LogP contribution in [0.4, 0.5) is 0 Å². The maximum atomic E-state index is 11.7. The van der Waals surface area contributed by atoms with Gasteiger partial charge < -0.3 is 5.11 Å². The van der Waals surface area contributed by atoms with Crippen molar-refractivity contribution in [2.45, 2.75) is 0 Å². The molecule has 0 radical (unpaired) electrons. The Morgan fingerprint density at radius 1 is 1.47 bits per heavy atom. The Hall–Kier alpha value is -0.900. The van der Waals surface area contributed by atoms with E-state index in [2.05, 4.69) is 0 Å². The lowest BCUT2D eigenvalue weighted by molar-refractivity contribution is 0.0936. The second kappa shape index (κ2) is 5.85. The number of ketones is 1. The van der Waals surface area contributed by atoms with Crippen LogP contribution in [0, 0.1) is 0 Å². The minimum Gasteiger partial charge on any atom is -0.395 e. The molecule has 1 aromatic rings. The average Bonchev–Trinajstić information content (AvgIpc) is 2.18. The van der Waals surface area contributed by atoms with Crippen LogP contribution in [0.5, 0.6) is 0 Å². The van der Waals surface area contributed by atoms with Gasteiger partial charge in [-0.05, 0) is 19.2 Å². The van der Waals surface area contributed by atoms with Crippen LogP contribution >= 0.6 is 11.6 Å². The highest BCUT2D eigenvalue weighted by atomic mass is 35.5. The Morgan fingerprint density at radius 2 is 2.13 bits per heavy atom. The minimum atomic E-state index is -0.0310. The van der Waals surface area contributed by atoms with Gasteiger partial charge in [0.2, 0.25) is 0 Å². The Kier molecular flexibility index (Phi) is 4.75. The van der Waals surface area contributed by atoms with E-state index in [-0.39, 0.29) is 18.9 Å². The average molecular weight is 228 g/mol. The van der Waals surface area contributed by atoms with Crippen molar-refractivity contribution in [3.05, 3.63) is 34.9 Å². The largest absolute Gasteiger partial charge is 0.395 e. The summed E-state index contributed by atoms with van der Waals surface area (Å²) in [6.07, 6.45) is 0. The number of rotatable bonds is 5. The Bertz CT molecular complexity index is 341. The molecule has 4 heteroatoms. The second-order valence-electron chi connectivity index (χ2n) is 3.36. The molecule has 0 bridgehead atoms. The summed E-state index contributed by atoms with van der Waals surface area (Å²) in [5.41, 5.74) is 0.531. The van der Waals surface area contributed by atoms with Crippen LogP contribution < -0.4 is 0 Å². The summed E-state index contributed by atoms with van der Waals surface area (Å²) in [6.45, 7) is 0.798. The predicted octanol–water partition coefficient (Wildman–Crippen LogP) is 1.45. The molecule has 3 nitrogen and oxygen atoms in total. The highest BCUT2D eigenvalue weighted by molar-refractivity contribution is 6.34. The fourth-order valence-corrected chi connectivity index (χ4v) is 1.51. The molecule has 0 amide bonds. The predicted molar refractivity (Wildman–Crippen MR) is 60.4 cm³/mol. The van der Waals surface area contributed by atoms with E-state index in [9.17, 15) is 4.79 Å². The van der Waals surface area contributed by atoms with E-state index in [1.807, 2.05) is 0 Å². The van der Waals surface area contributed by atoms with Gasteiger partial charge in [0.25, 0.3) is 0 Å². The lowest BCUT2D eigenvalue weighted by Crippen LogP contribution is -2.28. The number of likely N-dealkylation sites (N-methyl/N-ethyl adjacent to an activating group) is 1. The van der Waals surface area contributed by atoms with Crippen LogP contribution in [0.1, 0.15) is 10.4 Å². The molecule has 0 aliphatic carbocycles. The van der Waals surface area contributed by atoms with Crippen LogP contribution in [0.2, 0.25) is 5.02 Å². The molecule has 1 rings (SSSR count). The summed E-state index contributed by atoms with van der Waals surface area (Å²) in [6, 6.07) is 6.97. The number of carbonyl (C=O) groups excluding carboxylic acids is 1. The van der Waals surface area contributed by atoms with Crippen molar-refractivity contribution >= 4 is 17.4 Å². The molecule has 0 atom stereocenters. The molecule has 0 saturated heterocycles. The summed E-state index contributed by atoms with van der Waals surface area (Å²) in [4.78, 5) is 13.5. The first-order chi connectivity index (χ1) is 7.15. The first-order valence-corrected chi connectivity index (χ1v) is 5.10. The number of aliphatic hydroxyl groups excluding tert-OH is 1. The van der Waals surface area contributed by atoms with Gasteiger partial charge in [0.05, 0.1) is 18.2 Å². The molecule has 0 aromatic heterocycles. The minimum absolute atomic E-state index is 0.0310. The highest BCUT2D eigenvalue weighted by Gasteiger charge is 2.11. The number of nitrogens with zero attached hydrogens (tertiary/aromatic N) is 1. The molecular weight excluding hydrogens is 214 g/mol. The van der Waals surface area contributed by atoms with E-state index in [1.54, 1.807) is 36.2 Å². The molecule has 1 aromatic carbocycles. The van der Waals surface area contributed by atoms with Crippen molar-refractivity contribution in [3.8, 4) is 0 Å². The number of carbonyl (C=O) groups is 1. The Balaban J connectivity index is 2.65. The summed E-state index contributed by atoms with van der Waals surface area (Å²) < 4.78 is 0. The van der Waals surface area contributed by atoms with Gasteiger partial charge in [-0.25, -0.2) is 0 Å². The number of halogens is 1. The van der Waals surface area contributed by atoms with E-state index < -0.39 is 0 Å². The summed E-state index contributed by atoms with van der Waals surface area (Å²) >= 11 is 5.89. The zero-order valence-corrected chi connectivity index (χ0v) is 9.37. The Morgan fingerprint density at radius 3 is 2.73 bits per heavy atom. The van der Waals surface area contributed by atoms with Crippen molar-refractivity contribution in [1.29, 1.82) is 0 Å². The second-order valence-corrected chi connectivity index (χ2v) is 3.77. The van der Waals surface area contributed by atoms with Crippen molar-refractivity contribution in [2.24, 2.45) is 0 Å². The monoisotopic (exact) mass is 227 g/mol. The quantitative estimate of drug-likeness (QED) is 0.774. The van der Waals surface area contributed by atoms with Crippen molar-refractivity contribution < 1.29 is 9.90 Å². The molecule has 0 spiro atoms. The molecule has 82 valence electrons. The number of benzene rings is 1. The topological polar surface area (TPSA) is 40.5 Å². The first kappa shape index (κ1) is 12.2. The normalized spacial score (nSPS) is 10.7. The van der Waals surface area contributed by atoms with E-state index in [0.29, 0.717) is 17.1 Å². The van der Waals surface area contributed by atoms with Gasteiger partial charge in [-0.3, -0.25) is 9.69 Å². The standard InChI is InChI=1S/C11H14ClNO2/c1-13(6-7-14)8-11(15)9-4-2-3-5-10(9)12/h2-5,14H,6-8H2,1H3. The summed E-state index contributed by atoms with van der Waals surface area (Å²) in [7, 11) is 1.78. The third-order valence-corrected chi connectivity index (χ3v) is 2.40. The van der Waals surface area contributed by atoms with Gasteiger partial charge in [-0.15, -0.1) is 0 Å². The number of aliphatic hydroxyl groups is 1. The summed E-state index contributed by atoms with van der Waals surface area (Å²) in [5, 5.41) is 9.17. The fourth-order valence-electron chi connectivity index (χ4n) is 1.27. The van der Waals surface area contributed by atoms with Crippen molar-refractivity contribution in [2.75, 3.05) is 26.7 Å². The van der Waals surface area contributed by atoms with Crippen LogP contribution in [-0.2, 0) is 0 Å². The maximum Gasteiger partial charge on any atom is 0.178 e. The van der Waals surface area contributed by atoms with E-state index in [0.717, 1.165) is 0 Å². The third kappa shape index (κ3) is 3.63. The zero-order chi connectivity index (χ0) is 11.3. The molecule has 0 heterocycles. The third-order valence-electron chi connectivity index (χ3n) is 2.07. The Labute approximate surface area is 94.3 Å². The lowest BCUT2D eigenvalue weighted by atomic mass is 10.1. The molecule has 0 unspecified atom stereocenters. The molecule has 0 fully saturated rings. The molecule has 0 saturated carbocycles. The van der Waals surface area contributed by atoms with Crippen LogP contribution in [-0.4, -0.2) is 42.5 Å². The number of Topliss-reactive ketones (excluding diaryl/α,β-unsaturated/α-hetero) is 1. The first-order valence-electron chi connectivity index (χ1n) is 4.72. The van der Waals surface area contributed by atoms with Crippen molar-refractivity contribution in [3.63, 3.8) is 0 Å². The van der Waals surface area contributed by atoms with Gasteiger partial charge in [0, 0.05) is 12.1 Å². The zero-order valence-electron chi connectivity index (χ0n) is 8.61. The van der Waals surface area contributed by atoms with Crippen LogP contribution in [0.15, 0.2) is 24.3 Å². The van der Waals surface area contributed by atoms with Gasteiger partial charge >= 0.3 is 0 Å². The van der Waals surface area contributed by atoms with E-state index >= 15 is 0 Å². The molecule has 0 aliphatic rings. The molecule has 0 aliphatic heterocycles. The number of hydrogen-bond donors (Lipinski definition) is 1. The SMILES string of the molecule is CN(CCO)CC(=O)c1ccccc1Cl. The smallest absolute Gasteiger partial charge is 0.178 e. The van der Waals surface area contributed by atoms with Crippen LogP contribution in [0.25, 0.3) is 0 Å². The molecular formula is C11H14ClNO2. The van der Waals surface area contributed by atoms with Crippen LogP contribution in [0.3, 0.4) is 0 Å². The van der Waals surface area contributed by atoms with Gasteiger partial charge in [-0.1, -0.05) is 23.7 Å². The highest BCUT2D eigenvalue weighted by Crippen LogP contribution is 2.15.